The van der Waals surface area contributed by atoms with E-state index in [0.29, 0.717) is 10.8 Å². The van der Waals surface area contributed by atoms with E-state index in [1.807, 2.05) is 36.4 Å². The Bertz CT molecular complexity index is 686. The zero-order valence-electron chi connectivity index (χ0n) is 9.38. The van der Waals surface area contributed by atoms with Gasteiger partial charge in [0.15, 0.2) is 0 Å². The van der Waals surface area contributed by atoms with Crippen molar-refractivity contribution in [2.24, 2.45) is 0 Å². The predicted molar refractivity (Wildman–Crippen MR) is 71.1 cm³/mol. The molecule has 0 saturated carbocycles. The highest BCUT2D eigenvalue weighted by Gasteiger charge is 2.04. The summed E-state index contributed by atoms with van der Waals surface area (Å²) in [6, 6.07) is 11.0. The van der Waals surface area contributed by atoms with Gasteiger partial charge in [-0.2, -0.15) is 0 Å². The van der Waals surface area contributed by atoms with Crippen molar-refractivity contribution < 1.29 is 4.74 Å². The summed E-state index contributed by atoms with van der Waals surface area (Å²) in [4.78, 5) is 8.28. The lowest BCUT2D eigenvalue weighted by Gasteiger charge is -2.08. The van der Waals surface area contributed by atoms with Crippen LogP contribution in [0.25, 0.3) is 10.9 Å². The number of pyridine rings is 2. The molecule has 0 aliphatic rings. The highest BCUT2D eigenvalue weighted by molar-refractivity contribution is 6.31. The number of benzene rings is 1. The highest BCUT2D eigenvalue weighted by atomic mass is 35.5. The van der Waals surface area contributed by atoms with E-state index in [-0.39, 0.29) is 0 Å². The van der Waals surface area contributed by atoms with Crippen LogP contribution >= 0.6 is 11.6 Å². The van der Waals surface area contributed by atoms with Crippen molar-refractivity contribution in [2.75, 3.05) is 0 Å². The smallest absolute Gasteiger partial charge is 0.145 e. The number of aromatic nitrogens is 2. The fraction of sp³-hybridized carbons (Fsp3) is 0. The Labute approximate surface area is 109 Å². The van der Waals surface area contributed by atoms with Crippen LogP contribution in [0.4, 0.5) is 0 Å². The van der Waals surface area contributed by atoms with Crippen LogP contribution < -0.4 is 4.74 Å². The predicted octanol–water partition coefficient (Wildman–Crippen LogP) is 4.08. The van der Waals surface area contributed by atoms with E-state index in [1.54, 1.807) is 18.6 Å². The Hall–Kier alpha value is -2.13. The molecule has 18 heavy (non-hydrogen) atoms. The van der Waals surface area contributed by atoms with Gasteiger partial charge in [-0.25, -0.2) is 0 Å². The Morgan fingerprint density at radius 3 is 2.83 bits per heavy atom. The fourth-order valence-electron chi connectivity index (χ4n) is 1.72. The molecule has 0 bridgehead atoms. The minimum Gasteiger partial charge on any atom is -0.455 e. The Morgan fingerprint density at radius 1 is 1.06 bits per heavy atom. The average molecular weight is 257 g/mol. The molecular formula is C14H9ClN2O. The van der Waals surface area contributed by atoms with Crippen LogP contribution in [0.5, 0.6) is 11.5 Å². The first kappa shape index (κ1) is 11.0. The molecule has 0 saturated heterocycles. The van der Waals surface area contributed by atoms with Gasteiger partial charge >= 0.3 is 0 Å². The van der Waals surface area contributed by atoms with Gasteiger partial charge in [0, 0.05) is 22.8 Å². The second kappa shape index (κ2) is 4.63. The topological polar surface area (TPSA) is 35.0 Å². The molecule has 3 nitrogen and oxygen atoms in total. The number of hydrogen-bond donors (Lipinski definition) is 0. The molecule has 0 atom stereocenters. The van der Waals surface area contributed by atoms with E-state index in [0.717, 1.165) is 16.7 Å². The third-order valence-electron chi connectivity index (χ3n) is 2.53. The minimum atomic E-state index is 0.661. The highest BCUT2D eigenvalue weighted by Crippen LogP contribution is 2.29. The molecule has 3 aromatic rings. The summed E-state index contributed by atoms with van der Waals surface area (Å²) >= 11 is 5.94. The molecule has 0 spiro atoms. The quantitative estimate of drug-likeness (QED) is 0.693. The molecule has 2 heterocycles. The van der Waals surface area contributed by atoms with Gasteiger partial charge in [0.1, 0.15) is 11.5 Å². The number of fused-ring (bicyclic) bond motifs is 1. The molecule has 0 N–H and O–H groups in total. The van der Waals surface area contributed by atoms with Gasteiger partial charge in [-0.3, -0.25) is 9.97 Å². The fourth-order valence-corrected chi connectivity index (χ4v) is 1.88. The van der Waals surface area contributed by atoms with E-state index in [4.69, 9.17) is 16.3 Å². The first-order valence-corrected chi connectivity index (χ1v) is 5.83. The number of halogens is 1. The maximum Gasteiger partial charge on any atom is 0.145 e. The summed E-state index contributed by atoms with van der Waals surface area (Å²) in [5.74, 6) is 1.43. The molecule has 0 fully saturated rings. The van der Waals surface area contributed by atoms with Crippen LogP contribution in [0.3, 0.4) is 0 Å². The van der Waals surface area contributed by atoms with Gasteiger partial charge in [-0.05, 0) is 36.4 Å². The maximum atomic E-state index is 5.94. The van der Waals surface area contributed by atoms with Crippen molar-refractivity contribution in [3.8, 4) is 11.5 Å². The molecular weight excluding hydrogens is 248 g/mol. The van der Waals surface area contributed by atoms with Gasteiger partial charge in [-0.15, -0.1) is 0 Å². The largest absolute Gasteiger partial charge is 0.455 e. The summed E-state index contributed by atoms with van der Waals surface area (Å²) in [6.07, 6.45) is 5.07. The lowest BCUT2D eigenvalue weighted by molar-refractivity contribution is 0.485. The SMILES string of the molecule is Clc1ccc2c(Oc3cccnc3)ccnc2c1. The molecule has 0 aliphatic heterocycles. The van der Waals surface area contributed by atoms with Crippen molar-refractivity contribution in [3.63, 3.8) is 0 Å². The van der Waals surface area contributed by atoms with Gasteiger partial charge in [0.2, 0.25) is 0 Å². The minimum absolute atomic E-state index is 0.661. The third-order valence-corrected chi connectivity index (χ3v) is 2.76. The molecule has 2 aromatic heterocycles. The standard InChI is InChI=1S/C14H9ClN2O/c15-10-3-4-12-13(8-10)17-7-5-14(12)18-11-2-1-6-16-9-11/h1-9H. The molecule has 0 unspecified atom stereocenters. The average Bonchev–Trinajstić information content (AvgIpc) is 2.40. The van der Waals surface area contributed by atoms with E-state index >= 15 is 0 Å². The van der Waals surface area contributed by atoms with Crippen molar-refractivity contribution in [1.82, 2.24) is 9.97 Å². The summed E-state index contributed by atoms with van der Waals surface area (Å²) < 4.78 is 5.79. The summed E-state index contributed by atoms with van der Waals surface area (Å²) in [5.41, 5.74) is 0.809. The van der Waals surface area contributed by atoms with Crippen LogP contribution in [-0.4, -0.2) is 9.97 Å². The molecule has 4 heteroatoms. The molecule has 1 aromatic carbocycles. The van der Waals surface area contributed by atoms with Crippen molar-refractivity contribution in [1.29, 1.82) is 0 Å². The lowest BCUT2D eigenvalue weighted by Crippen LogP contribution is -1.88. The number of nitrogens with zero attached hydrogens (tertiary/aromatic N) is 2. The Kier molecular flexibility index (Phi) is 2.82. The first-order chi connectivity index (χ1) is 8.83. The Balaban J connectivity index is 2.07. The molecule has 0 amide bonds. The van der Waals surface area contributed by atoms with Crippen LogP contribution in [0.15, 0.2) is 55.0 Å². The van der Waals surface area contributed by atoms with E-state index in [9.17, 15) is 0 Å². The van der Waals surface area contributed by atoms with Crippen LogP contribution in [0.2, 0.25) is 5.02 Å². The van der Waals surface area contributed by atoms with Crippen molar-refractivity contribution in [2.45, 2.75) is 0 Å². The second-order valence-electron chi connectivity index (χ2n) is 3.76. The van der Waals surface area contributed by atoms with Crippen molar-refractivity contribution >= 4 is 22.5 Å². The molecule has 0 radical (unpaired) electrons. The zero-order chi connectivity index (χ0) is 12.4. The number of ether oxygens (including phenoxy) is 1. The van der Waals surface area contributed by atoms with Crippen LogP contribution in [0, 0.1) is 0 Å². The van der Waals surface area contributed by atoms with Gasteiger partial charge in [0.25, 0.3) is 0 Å². The summed E-state index contributed by atoms with van der Waals surface area (Å²) in [6.45, 7) is 0. The van der Waals surface area contributed by atoms with Gasteiger partial charge in [0.05, 0.1) is 11.7 Å². The summed E-state index contributed by atoms with van der Waals surface area (Å²) in [5, 5.41) is 1.58. The molecule has 88 valence electrons. The third kappa shape index (κ3) is 2.13. The van der Waals surface area contributed by atoms with Gasteiger partial charge in [-0.1, -0.05) is 11.6 Å². The van der Waals surface area contributed by atoms with Crippen LogP contribution in [0.1, 0.15) is 0 Å². The van der Waals surface area contributed by atoms with Gasteiger partial charge < -0.3 is 4.74 Å². The lowest BCUT2D eigenvalue weighted by atomic mass is 10.2. The molecule has 3 rings (SSSR count). The normalized spacial score (nSPS) is 10.5. The molecule has 0 aliphatic carbocycles. The monoisotopic (exact) mass is 256 g/mol. The Morgan fingerprint density at radius 2 is 2.00 bits per heavy atom. The summed E-state index contributed by atoms with van der Waals surface area (Å²) in [7, 11) is 0. The number of rotatable bonds is 2. The van der Waals surface area contributed by atoms with E-state index in [1.165, 1.54) is 0 Å². The van der Waals surface area contributed by atoms with E-state index < -0.39 is 0 Å². The van der Waals surface area contributed by atoms with Crippen LogP contribution in [-0.2, 0) is 0 Å². The maximum absolute atomic E-state index is 5.94. The zero-order valence-corrected chi connectivity index (χ0v) is 10.1. The first-order valence-electron chi connectivity index (χ1n) is 5.45. The number of hydrogen-bond acceptors (Lipinski definition) is 3. The second-order valence-corrected chi connectivity index (χ2v) is 4.20. The van der Waals surface area contributed by atoms with E-state index in [2.05, 4.69) is 9.97 Å². The van der Waals surface area contributed by atoms with Crippen molar-refractivity contribution in [3.05, 3.63) is 60.0 Å².